The average Bonchev–Trinajstić information content (AvgIpc) is 3.41. The van der Waals surface area contributed by atoms with E-state index in [1.165, 1.54) is 17.4 Å². The summed E-state index contributed by atoms with van der Waals surface area (Å²) in [6.07, 6.45) is 4.33. The zero-order valence-corrected chi connectivity index (χ0v) is 21.3. The molecule has 0 radical (unpaired) electrons. The minimum absolute atomic E-state index is 0.241. The molecule has 0 unspecified atom stereocenters. The van der Waals surface area contributed by atoms with Crippen LogP contribution in [-0.4, -0.2) is 33.0 Å². The number of benzene rings is 1. The lowest BCUT2D eigenvalue weighted by Gasteiger charge is -2.15. The number of halogens is 1. The monoisotopic (exact) mass is 530 g/mol. The van der Waals surface area contributed by atoms with E-state index in [-0.39, 0.29) is 30.1 Å². The third-order valence-corrected chi connectivity index (χ3v) is 6.53. The van der Waals surface area contributed by atoms with Crippen molar-refractivity contribution in [3.63, 3.8) is 0 Å². The van der Waals surface area contributed by atoms with Crippen LogP contribution in [0.3, 0.4) is 0 Å². The van der Waals surface area contributed by atoms with Crippen molar-refractivity contribution in [2.24, 2.45) is 0 Å². The van der Waals surface area contributed by atoms with Crippen molar-refractivity contribution < 1.29 is 18.7 Å². The van der Waals surface area contributed by atoms with E-state index in [2.05, 4.69) is 30.6 Å². The quantitative estimate of drug-likeness (QED) is 0.256. The molecule has 0 fully saturated rings. The number of nitrogens with one attached hydrogen (secondary N) is 2. The summed E-state index contributed by atoms with van der Waals surface area (Å²) < 4.78 is 25.3. The van der Waals surface area contributed by atoms with Crippen LogP contribution < -0.4 is 20.1 Å². The maximum atomic E-state index is 13.6. The number of nitrogens with zero attached hydrogens (tertiary/aromatic N) is 4. The third-order valence-electron chi connectivity index (χ3n) is 5.62. The Labute approximate surface area is 221 Å². The number of pyridine rings is 2. The molecule has 5 rings (SSSR count). The van der Waals surface area contributed by atoms with E-state index in [4.69, 9.17) is 9.47 Å². The number of fused-ring (bicyclic) bond motifs is 1. The van der Waals surface area contributed by atoms with Gasteiger partial charge in [-0.1, -0.05) is 0 Å². The first-order valence-corrected chi connectivity index (χ1v) is 12.5. The number of ether oxygens (including phenoxy) is 2. The fourth-order valence-corrected chi connectivity index (χ4v) is 4.49. The molecule has 0 bridgehead atoms. The second-order valence-electron chi connectivity index (χ2n) is 8.30. The Morgan fingerprint density at radius 1 is 1.08 bits per heavy atom. The Bertz CT molecular complexity index is 1580. The van der Waals surface area contributed by atoms with Crippen molar-refractivity contribution >= 4 is 33.4 Å². The number of methoxy groups -OCH3 is 1. The van der Waals surface area contributed by atoms with Gasteiger partial charge >= 0.3 is 0 Å². The second-order valence-corrected chi connectivity index (χ2v) is 9.21. The number of rotatable bonds is 9. The lowest BCUT2D eigenvalue weighted by atomic mass is 10.1. The van der Waals surface area contributed by atoms with Crippen LogP contribution in [0.1, 0.15) is 34.6 Å². The topological polar surface area (TPSA) is 111 Å². The normalized spacial score (nSPS) is 11.7. The molecule has 1 atom stereocenters. The fraction of sp³-hybridized carbons (Fsp3) is 0.148. The van der Waals surface area contributed by atoms with Gasteiger partial charge in [0.25, 0.3) is 5.91 Å². The molecular weight excluding hydrogens is 507 g/mol. The van der Waals surface area contributed by atoms with Gasteiger partial charge in [-0.3, -0.25) is 9.78 Å². The van der Waals surface area contributed by atoms with E-state index in [0.717, 1.165) is 17.5 Å². The predicted molar refractivity (Wildman–Crippen MR) is 142 cm³/mol. The zero-order chi connectivity index (χ0) is 26.5. The molecule has 192 valence electrons. The van der Waals surface area contributed by atoms with Gasteiger partial charge in [0.15, 0.2) is 5.69 Å². The highest BCUT2D eigenvalue weighted by Crippen LogP contribution is 2.26. The molecule has 0 saturated carbocycles. The molecule has 0 spiro atoms. The number of carbonyl (C=O) groups excluding carboxylic acids is 1. The number of carbonyl (C=O) groups is 1. The molecule has 11 heteroatoms. The molecule has 0 aliphatic rings. The first-order valence-electron chi connectivity index (χ1n) is 11.7. The largest absolute Gasteiger partial charge is 0.497 e. The van der Waals surface area contributed by atoms with Crippen molar-refractivity contribution in [3.8, 4) is 17.4 Å². The van der Waals surface area contributed by atoms with Crippen LogP contribution in [0.4, 0.5) is 10.3 Å². The van der Waals surface area contributed by atoms with Crippen LogP contribution in [-0.2, 0) is 6.54 Å². The van der Waals surface area contributed by atoms with E-state index in [9.17, 15) is 9.18 Å². The number of anilines is 1. The molecule has 0 saturated heterocycles. The third kappa shape index (κ3) is 5.84. The Morgan fingerprint density at radius 2 is 1.89 bits per heavy atom. The molecular formula is C27H23FN6O3S. The molecule has 0 aliphatic carbocycles. The highest BCUT2D eigenvalue weighted by atomic mass is 32.1. The first kappa shape index (κ1) is 25.0. The van der Waals surface area contributed by atoms with Gasteiger partial charge < -0.3 is 20.1 Å². The molecule has 1 aromatic carbocycles. The van der Waals surface area contributed by atoms with Gasteiger partial charge in [0.05, 0.1) is 29.6 Å². The summed E-state index contributed by atoms with van der Waals surface area (Å²) in [7, 11) is 1.60. The minimum Gasteiger partial charge on any atom is -0.497 e. The molecule has 1 amide bonds. The molecule has 4 aromatic heterocycles. The predicted octanol–water partition coefficient (Wildman–Crippen LogP) is 5.52. The van der Waals surface area contributed by atoms with Gasteiger partial charge in [0, 0.05) is 25.0 Å². The maximum Gasteiger partial charge on any atom is 0.271 e. The standard InChI is InChI=1S/C27H23FN6O3S/c1-16(18-12-19(28)15-29-14-18)32-27-33-22-8-10-38-25(22)24(34-27)26(35)31-13-17-7-9-30-23(11-17)37-21-5-3-20(36-2)4-6-21/h3-12,14-16H,13H2,1-2H3,(H,31,35)(H,32,33,34)/t16-/m0/s1. The summed E-state index contributed by atoms with van der Waals surface area (Å²) in [5.41, 5.74) is 2.33. The van der Waals surface area contributed by atoms with E-state index >= 15 is 0 Å². The van der Waals surface area contributed by atoms with Crippen LogP contribution >= 0.6 is 11.3 Å². The molecule has 38 heavy (non-hydrogen) atoms. The molecule has 5 aromatic rings. The van der Waals surface area contributed by atoms with Gasteiger partial charge in [-0.2, -0.15) is 0 Å². The highest BCUT2D eigenvalue weighted by Gasteiger charge is 2.18. The smallest absolute Gasteiger partial charge is 0.271 e. The number of hydrogen-bond donors (Lipinski definition) is 2. The number of amides is 1. The summed E-state index contributed by atoms with van der Waals surface area (Å²) in [5.74, 6) is 1.22. The first-order chi connectivity index (χ1) is 18.5. The van der Waals surface area contributed by atoms with Crippen molar-refractivity contribution in [3.05, 3.63) is 95.1 Å². The summed E-state index contributed by atoms with van der Waals surface area (Å²) in [5, 5.41) is 7.90. The van der Waals surface area contributed by atoms with Crippen molar-refractivity contribution in [1.82, 2.24) is 25.3 Å². The number of hydrogen-bond acceptors (Lipinski definition) is 9. The molecule has 9 nitrogen and oxygen atoms in total. The Balaban J connectivity index is 1.29. The molecule has 2 N–H and O–H groups in total. The van der Waals surface area contributed by atoms with Gasteiger partial charge in [-0.25, -0.2) is 19.3 Å². The highest BCUT2D eigenvalue weighted by molar-refractivity contribution is 7.17. The van der Waals surface area contributed by atoms with Crippen LogP contribution in [0.15, 0.2) is 72.5 Å². The summed E-state index contributed by atoms with van der Waals surface area (Å²) in [6, 6.07) is 13.6. The Kier molecular flexibility index (Phi) is 7.36. The van der Waals surface area contributed by atoms with Crippen molar-refractivity contribution in [1.29, 1.82) is 0 Å². The van der Waals surface area contributed by atoms with Crippen LogP contribution in [0.25, 0.3) is 10.2 Å². The number of aromatic nitrogens is 4. The summed E-state index contributed by atoms with van der Waals surface area (Å²) >= 11 is 1.38. The van der Waals surface area contributed by atoms with Crippen LogP contribution in [0, 0.1) is 5.82 Å². The average molecular weight is 531 g/mol. The summed E-state index contributed by atoms with van der Waals surface area (Å²) in [6.45, 7) is 2.08. The van der Waals surface area contributed by atoms with Gasteiger partial charge in [0.1, 0.15) is 17.3 Å². The maximum absolute atomic E-state index is 13.6. The van der Waals surface area contributed by atoms with Gasteiger partial charge in [0.2, 0.25) is 11.8 Å². The SMILES string of the molecule is COc1ccc(Oc2cc(CNC(=O)c3nc(N[C@@H](C)c4cncc(F)c4)nc4ccsc34)ccn2)cc1. The van der Waals surface area contributed by atoms with E-state index < -0.39 is 5.82 Å². The lowest BCUT2D eigenvalue weighted by molar-refractivity contribution is 0.0948. The van der Waals surface area contributed by atoms with Crippen molar-refractivity contribution in [2.45, 2.75) is 19.5 Å². The van der Waals surface area contributed by atoms with Crippen molar-refractivity contribution in [2.75, 3.05) is 12.4 Å². The van der Waals surface area contributed by atoms with Crippen LogP contribution in [0.5, 0.6) is 17.4 Å². The minimum atomic E-state index is -0.431. The Hall–Kier alpha value is -4.64. The Morgan fingerprint density at radius 3 is 2.68 bits per heavy atom. The van der Waals surface area contributed by atoms with Gasteiger partial charge in [-0.05, 0) is 65.9 Å². The van der Waals surface area contributed by atoms with E-state index in [0.29, 0.717) is 27.4 Å². The number of thiophene rings is 1. The second kappa shape index (κ2) is 11.2. The van der Waals surface area contributed by atoms with E-state index in [1.807, 2.05) is 18.4 Å². The molecule has 4 heterocycles. The van der Waals surface area contributed by atoms with Gasteiger partial charge in [-0.15, -0.1) is 11.3 Å². The fourth-order valence-electron chi connectivity index (χ4n) is 3.67. The molecule has 0 aliphatic heterocycles. The zero-order valence-electron chi connectivity index (χ0n) is 20.5. The van der Waals surface area contributed by atoms with E-state index in [1.54, 1.807) is 55.9 Å². The summed E-state index contributed by atoms with van der Waals surface area (Å²) in [4.78, 5) is 30.3. The van der Waals surface area contributed by atoms with Crippen LogP contribution in [0.2, 0.25) is 0 Å². The lowest BCUT2D eigenvalue weighted by Crippen LogP contribution is -2.24.